The van der Waals surface area contributed by atoms with Crippen molar-refractivity contribution in [3.63, 3.8) is 0 Å². The van der Waals surface area contributed by atoms with Crippen LogP contribution in [0.2, 0.25) is 0 Å². The van der Waals surface area contributed by atoms with Gasteiger partial charge in [-0.05, 0) is 36.4 Å². The Balaban J connectivity index is 1.71. The van der Waals surface area contributed by atoms with E-state index in [0.717, 1.165) is 5.39 Å². The molecule has 0 spiro atoms. The monoisotopic (exact) mass is 350 g/mol. The van der Waals surface area contributed by atoms with E-state index < -0.39 is 0 Å². The number of nitrogens with one attached hydrogen (secondary N) is 2. The molecule has 0 aliphatic rings. The van der Waals surface area contributed by atoms with Crippen LogP contribution in [0.15, 0.2) is 59.0 Å². The number of para-hydroxylation sites is 1. The molecule has 1 heterocycles. The minimum atomic E-state index is -0.308. The van der Waals surface area contributed by atoms with Crippen molar-refractivity contribution in [2.75, 3.05) is 17.7 Å². The first-order chi connectivity index (χ1) is 12.5. The Morgan fingerprint density at radius 1 is 1.04 bits per heavy atom. The van der Waals surface area contributed by atoms with E-state index in [1.165, 1.54) is 13.0 Å². The van der Waals surface area contributed by atoms with Crippen molar-refractivity contribution in [1.29, 1.82) is 0 Å². The third-order valence-electron chi connectivity index (χ3n) is 3.60. The first-order valence-electron chi connectivity index (χ1n) is 7.98. The van der Waals surface area contributed by atoms with Gasteiger partial charge in [0, 0.05) is 29.8 Å². The van der Waals surface area contributed by atoms with Crippen LogP contribution in [0.3, 0.4) is 0 Å². The first-order valence-corrected chi connectivity index (χ1v) is 7.98. The third kappa shape index (κ3) is 4.10. The van der Waals surface area contributed by atoms with E-state index in [4.69, 9.17) is 9.15 Å². The molecular weight excluding hydrogens is 332 g/mol. The zero-order valence-corrected chi connectivity index (χ0v) is 14.4. The lowest BCUT2D eigenvalue weighted by Gasteiger charge is -2.05. The van der Waals surface area contributed by atoms with Gasteiger partial charge in [-0.15, -0.1) is 0 Å². The van der Waals surface area contributed by atoms with Crippen LogP contribution in [-0.2, 0) is 9.59 Å². The SMILES string of the molecule is COc1cccc2cc(/C=C/C(=O)Nc3cccc(NC(C)=O)c3)oc12. The molecule has 26 heavy (non-hydrogen) atoms. The van der Waals surface area contributed by atoms with E-state index >= 15 is 0 Å². The number of amides is 2. The topological polar surface area (TPSA) is 80.6 Å². The molecule has 2 N–H and O–H groups in total. The maximum Gasteiger partial charge on any atom is 0.248 e. The second kappa shape index (κ2) is 7.57. The van der Waals surface area contributed by atoms with Gasteiger partial charge in [0.15, 0.2) is 11.3 Å². The van der Waals surface area contributed by atoms with Crippen molar-refractivity contribution in [2.24, 2.45) is 0 Å². The summed E-state index contributed by atoms with van der Waals surface area (Å²) >= 11 is 0. The van der Waals surface area contributed by atoms with Gasteiger partial charge in [0.05, 0.1) is 7.11 Å². The molecule has 0 saturated heterocycles. The van der Waals surface area contributed by atoms with Gasteiger partial charge < -0.3 is 19.8 Å². The van der Waals surface area contributed by atoms with E-state index in [2.05, 4.69) is 10.6 Å². The van der Waals surface area contributed by atoms with Crippen molar-refractivity contribution in [3.8, 4) is 5.75 Å². The second-order valence-corrected chi connectivity index (χ2v) is 5.61. The molecule has 0 bridgehead atoms. The second-order valence-electron chi connectivity index (χ2n) is 5.61. The van der Waals surface area contributed by atoms with Crippen LogP contribution >= 0.6 is 0 Å². The Hall–Kier alpha value is -3.54. The van der Waals surface area contributed by atoms with Crippen LogP contribution in [0.1, 0.15) is 12.7 Å². The molecule has 0 saturated carbocycles. The summed E-state index contributed by atoms with van der Waals surface area (Å²) in [6.45, 7) is 1.43. The summed E-state index contributed by atoms with van der Waals surface area (Å²) in [5.74, 6) is 0.708. The fraction of sp³-hybridized carbons (Fsp3) is 0.100. The number of hydrogen-bond donors (Lipinski definition) is 2. The molecule has 1 aromatic heterocycles. The van der Waals surface area contributed by atoms with E-state index in [1.807, 2.05) is 24.3 Å². The predicted octanol–water partition coefficient (Wildman–Crippen LogP) is 4.05. The van der Waals surface area contributed by atoms with Crippen molar-refractivity contribution in [1.82, 2.24) is 0 Å². The summed E-state index contributed by atoms with van der Waals surface area (Å²) in [6, 6.07) is 14.3. The van der Waals surface area contributed by atoms with Crippen LogP contribution in [0, 0.1) is 0 Å². The first kappa shape index (κ1) is 17.3. The van der Waals surface area contributed by atoms with Gasteiger partial charge in [-0.25, -0.2) is 0 Å². The third-order valence-corrected chi connectivity index (χ3v) is 3.60. The van der Waals surface area contributed by atoms with Gasteiger partial charge in [-0.3, -0.25) is 9.59 Å². The van der Waals surface area contributed by atoms with Crippen LogP contribution in [0.4, 0.5) is 11.4 Å². The zero-order valence-electron chi connectivity index (χ0n) is 14.4. The van der Waals surface area contributed by atoms with E-state index in [0.29, 0.717) is 28.5 Å². The number of hydrogen-bond acceptors (Lipinski definition) is 4. The quantitative estimate of drug-likeness (QED) is 0.680. The highest BCUT2D eigenvalue weighted by Gasteiger charge is 2.07. The predicted molar refractivity (Wildman–Crippen MR) is 101 cm³/mol. The van der Waals surface area contributed by atoms with Crippen molar-refractivity contribution < 1.29 is 18.7 Å². The summed E-state index contributed by atoms with van der Waals surface area (Å²) in [7, 11) is 1.58. The van der Waals surface area contributed by atoms with E-state index in [1.54, 1.807) is 37.5 Å². The Morgan fingerprint density at radius 3 is 2.50 bits per heavy atom. The standard InChI is InChI=1S/C20H18N2O4/c1-13(23)21-15-6-4-7-16(12-15)22-19(24)10-9-17-11-14-5-3-8-18(25-2)20(14)26-17/h3-12H,1-2H3,(H,21,23)(H,22,24)/b10-9+. The van der Waals surface area contributed by atoms with Crippen molar-refractivity contribution in [2.45, 2.75) is 6.92 Å². The molecule has 6 nitrogen and oxygen atoms in total. The van der Waals surface area contributed by atoms with Gasteiger partial charge in [0.25, 0.3) is 0 Å². The fourth-order valence-corrected chi connectivity index (χ4v) is 2.52. The molecule has 2 aromatic carbocycles. The van der Waals surface area contributed by atoms with Gasteiger partial charge in [0.2, 0.25) is 11.8 Å². The van der Waals surface area contributed by atoms with E-state index in [9.17, 15) is 9.59 Å². The molecular formula is C20H18N2O4. The maximum atomic E-state index is 12.1. The van der Waals surface area contributed by atoms with Gasteiger partial charge >= 0.3 is 0 Å². The summed E-state index contributed by atoms with van der Waals surface area (Å²) in [5, 5.41) is 6.30. The highest BCUT2D eigenvalue weighted by Crippen LogP contribution is 2.28. The number of carbonyl (C=O) groups is 2. The number of rotatable bonds is 5. The molecule has 132 valence electrons. The Bertz CT molecular complexity index is 988. The molecule has 0 atom stereocenters. The van der Waals surface area contributed by atoms with Crippen LogP contribution in [0.5, 0.6) is 5.75 Å². The lowest BCUT2D eigenvalue weighted by molar-refractivity contribution is -0.114. The molecule has 6 heteroatoms. The normalized spacial score (nSPS) is 10.8. The molecule has 0 aliphatic heterocycles. The molecule has 0 radical (unpaired) electrons. The average molecular weight is 350 g/mol. The molecule has 0 unspecified atom stereocenters. The van der Waals surface area contributed by atoms with Crippen molar-refractivity contribution in [3.05, 3.63) is 60.4 Å². The summed E-state index contributed by atoms with van der Waals surface area (Å²) in [4.78, 5) is 23.2. The van der Waals surface area contributed by atoms with Crippen molar-refractivity contribution >= 4 is 40.2 Å². The molecule has 0 aliphatic carbocycles. The van der Waals surface area contributed by atoms with Gasteiger partial charge in [-0.1, -0.05) is 18.2 Å². The summed E-state index contributed by atoms with van der Waals surface area (Å²) < 4.78 is 11.0. The fourth-order valence-electron chi connectivity index (χ4n) is 2.52. The Labute approximate surface area is 150 Å². The maximum absolute atomic E-state index is 12.1. The number of methoxy groups -OCH3 is 1. The largest absolute Gasteiger partial charge is 0.493 e. The molecule has 3 aromatic rings. The van der Waals surface area contributed by atoms with Gasteiger partial charge in [-0.2, -0.15) is 0 Å². The zero-order chi connectivity index (χ0) is 18.5. The summed E-state index contributed by atoms with van der Waals surface area (Å²) in [6.07, 6.45) is 2.97. The lowest BCUT2D eigenvalue weighted by atomic mass is 10.2. The number of fused-ring (bicyclic) bond motifs is 1. The number of anilines is 2. The minimum Gasteiger partial charge on any atom is -0.493 e. The Kier molecular flexibility index (Phi) is 5.03. The number of carbonyl (C=O) groups excluding carboxylic acids is 2. The number of furan rings is 1. The number of benzene rings is 2. The van der Waals surface area contributed by atoms with Crippen LogP contribution in [0.25, 0.3) is 17.0 Å². The van der Waals surface area contributed by atoms with Crippen LogP contribution in [-0.4, -0.2) is 18.9 Å². The number of ether oxygens (including phenoxy) is 1. The average Bonchev–Trinajstić information content (AvgIpc) is 3.02. The smallest absolute Gasteiger partial charge is 0.248 e. The van der Waals surface area contributed by atoms with Crippen LogP contribution < -0.4 is 15.4 Å². The summed E-state index contributed by atoms with van der Waals surface area (Å²) in [5.41, 5.74) is 1.83. The van der Waals surface area contributed by atoms with E-state index in [-0.39, 0.29) is 11.8 Å². The highest BCUT2D eigenvalue weighted by molar-refractivity contribution is 6.02. The molecule has 2 amide bonds. The lowest BCUT2D eigenvalue weighted by Crippen LogP contribution is -2.09. The molecule has 0 fully saturated rings. The highest BCUT2D eigenvalue weighted by atomic mass is 16.5. The minimum absolute atomic E-state index is 0.173. The molecule has 3 rings (SSSR count). The Morgan fingerprint density at radius 2 is 1.77 bits per heavy atom. The van der Waals surface area contributed by atoms with Gasteiger partial charge in [0.1, 0.15) is 5.76 Å².